The number of amides is 1. The van der Waals surface area contributed by atoms with Gasteiger partial charge in [-0.25, -0.2) is 4.99 Å². The van der Waals surface area contributed by atoms with Crippen molar-refractivity contribution in [3.63, 3.8) is 0 Å². The molecule has 0 unspecified atom stereocenters. The van der Waals surface area contributed by atoms with Gasteiger partial charge in [0.2, 0.25) is 5.96 Å². The molecular weight excluding hydrogens is 412 g/mol. The highest BCUT2D eigenvalue weighted by Crippen LogP contribution is 2.17. The second-order valence-electron chi connectivity index (χ2n) is 8.53. The highest BCUT2D eigenvalue weighted by atomic mass is 16.1. The summed E-state index contributed by atoms with van der Waals surface area (Å²) >= 11 is 0. The number of rotatable bonds is 6. The summed E-state index contributed by atoms with van der Waals surface area (Å²) in [6.45, 7) is 11.4. The molecule has 0 saturated carbocycles. The molecule has 1 heterocycles. The number of aromatic nitrogens is 2. The molecule has 0 aliphatic heterocycles. The Labute approximate surface area is 196 Å². The van der Waals surface area contributed by atoms with Crippen LogP contribution in [0.3, 0.4) is 0 Å². The van der Waals surface area contributed by atoms with Gasteiger partial charge in [-0.1, -0.05) is 12.1 Å². The van der Waals surface area contributed by atoms with Gasteiger partial charge in [0.05, 0.1) is 12.2 Å². The number of aliphatic imine (C=N–C) groups is 1. The number of hydrogen-bond donors (Lipinski definition) is 2. The molecule has 0 bridgehead atoms. The van der Waals surface area contributed by atoms with Crippen molar-refractivity contribution in [3.8, 4) is 0 Å². The zero-order chi connectivity index (χ0) is 24.1. The van der Waals surface area contributed by atoms with E-state index in [-0.39, 0.29) is 5.91 Å². The predicted octanol–water partition coefficient (Wildman–Crippen LogP) is 4.60. The Morgan fingerprint density at radius 3 is 2.36 bits per heavy atom. The minimum atomic E-state index is -0.216. The summed E-state index contributed by atoms with van der Waals surface area (Å²) in [5.74, 6) is 0.190. The van der Waals surface area contributed by atoms with Gasteiger partial charge in [0.25, 0.3) is 5.91 Å². The van der Waals surface area contributed by atoms with E-state index in [1.165, 1.54) is 0 Å². The van der Waals surface area contributed by atoms with Crippen LogP contribution in [0.5, 0.6) is 0 Å². The van der Waals surface area contributed by atoms with E-state index in [9.17, 15) is 4.79 Å². The molecule has 1 aromatic heterocycles. The van der Waals surface area contributed by atoms with E-state index in [2.05, 4.69) is 35.6 Å². The van der Waals surface area contributed by atoms with Crippen molar-refractivity contribution in [1.29, 1.82) is 0 Å². The number of carbonyl (C=O) groups is 1. The van der Waals surface area contributed by atoms with Crippen molar-refractivity contribution in [1.82, 2.24) is 15.1 Å². The lowest BCUT2D eigenvalue weighted by Gasteiger charge is -2.15. The minimum Gasteiger partial charge on any atom is -0.378 e. The molecule has 3 rings (SSSR count). The summed E-state index contributed by atoms with van der Waals surface area (Å²) in [5, 5.41) is 10.9. The Morgan fingerprint density at radius 1 is 1.06 bits per heavy atom. The molecule has 7 heteroatoms. The molecular formula is C26H34N6O. The molecule has 174 valence electrons. The number of hydrogen-bond acceptors (Lipinski definition) is 4. The first-order valence-electron chi connectivity index (χ1n) is 11.2. The Morgan fingerprint density at radius 2 is 1.76 bits per heavy atom. The number of anilines is 2. The quantitative estimate of drug-likeness (QED) is 0.429. The van der Waals surface area contributed by atoms with Gasteiger partial charge in [-0.2, -0.15) is 5.10 Å². The van der Waals surface area contributed by atoms with Crippen LogP contribution < -0.4 is 15.5 Å². The summed E-state index contributed by atoms with van der Waals surface area (Å²) in [7, 11) is 3.90. The molecule has 3 aromatic rings. The normalized spacial score (nSPS) is 11.4. The van der Waals surface area contributed by atoms with E-state index in [1.54, 1.807) is 6.07 Å². The second kappa shape index (κ2) is 10.3. The topological polar surface area (TPSA) is 74.5 Å². The Kier molecular flexibility index (Phi) is 7.53. The summed E-state index contributed by atoms with van der Waals surface area (Å²) in [5.41, 5.74) is 7.80. The first-order valence-corrected chi connectivity index (χ1v) is 11.2. The predicted molar refractivity (Wildman–Crippen MR) is 136 cm³/mol. The van der Waals surface area contributed by atoms with Gasteiger partial charge in [0.1, 0.15) is 0 Å². The molecule has 0 aliphatic carbocycles. The van der Waals surface area contributed by atoms with Gasteiger partial charge in [-0.3, -0.25) is 14.8 Å². The third kappa shape index (κ3) is 6.00. The van der Waals surface area contributed by atoms with Gasteiger partial charge < -0.3 is 10.2 Å². The van der Waals surface area contributed by atoms with Crippen LogP contribution in [-0.4, -0.2) is 35.7 Å². The van der Waals surface area contributed by atoms with Crippen molar-refractivity contribution in [2.75, 3.05) is 24.3 Å². The summed E-state index contributed by atoms with van der Waals surface area (Å²) < 4.78 is 1.97. The first-order chi connectivity index (χ1) is 15.7. The highest BCUT2D eigenvalue weighted by molar-refractivity contribution is 6.10. The summed E-state index contributed by atoms with van der Waals surface area (Å²) in [6, 6.07) is 13.7. The monoisotopic (exact) mass is 446 g/mol. The summed E-state index contributed by atoms with van der Waals surface area (Å²) in [6.07, 6.45) is 0. The average molecular weight is 447 g/mol. The van der Waals surface area contributed by atoms with E-state index in [4.69, 9.17) is 4.99 Å². The molecule has 0 spiro atoms. The van der Waals surface area contributed by atoms with Crippen molar-refractivity contribution >= 4 is 23.2 Å². The minimum absolute atomic E-state index is 0.216. The molecule has 0 aliphatic rings. The Bertz CT molecular complexity index is 1160. The number of carbonyl (C=O) groups excluding carboxylic acids is 1. The molecule has 2 aromatic carbocycles. The second-order valence-corrected chi connectivity index (χ2v) is 8.53. The molecule has 0 saturated heterocycles. The van der Waals surface area contributed by atoms with Crippen molar-refractivity contribution in [2.24, 2.45) is 4.99 Å². The maximum atomic E-state index is 13.1. The van der Waals surface area contributed by atoms with E-state index in [0.29, 0.717) is 18.1 Å². The van der Waals surface area contributed by atoms with Gasteiger partial charge in [-0.15, -0.1) is 0 Å². The standard InChI is InChI=1S/C26H34N6O/c1-8-32-20(5)24(19(4)30-32)16-27-26(28-22-13-17(2)12-18(3)14-22)29-25(33)21-10-9-11-23(15-21)31(6)7/h9-15H,8,16H2,1-7H3,(H2,27,28,29,33). The first kappa shape index (κ1) is 24.0. The lowest BCUT2D eigenvalue weighted by atomic mass is 10.1. The molecule has 33 heavy (non-hydrogen) atoms. The fourth-order valence-electron chi connectivity index (χ4n) is 3.83. The smallest absolute Gasteiger partial charge is 0.258 e. The number of guanidine groups is 1. The third-order valence-electron chi connectivity index (χ3n) is 5.57. The Balaban J connectivity index is 1.91. The summed E-state index contributed by atoms with van der Waals surface area (Å²) in [4.78, 5) is 19.8. The maximum Gasteiger partial charge on any atom is 0.258 e. The highest BCUT2D eigenvalue weighted by Gasteiger charge is 2.14. The van der Waals surface area contributed by atoms with Crippen molar-refractivity contribution in [2.45, 2.75) is 47.7 Å². The molecule has 0 fully saturated rings. The average Bonchev–Trinajstić information content (AvgIpc) is 3.04. The van der Waals surface area contributed by atoms with E-state index in [1.807, 2.05) is 74.8 Å². The van der Waals surface area contributed by atoms with Crippen LogP contribution in [0.1, 0.15) is 45.4 Å². The van der Waals surface area contributed by atoms with E-state index >= 15 is 0 Å². The number of nitrogens with zero attached hydrogens (tertiary/aromatic N) is 4. The molecule has 0 atom stereocenters. The van der Waals surface area contributed by atoms with Crippen molar-refractivity contribution in [3.05, 3.63) is 76.1 Å². The van der Waals surface area contributed by atoms with Gasteiger partial charge in [-0.05, 0) is 76.1 Å². The molecule has 2 N–H and O–H groups in total. The Hall–Kier alpha value is -3.61. The van der Waals surface area contributed by atoms with Crippen LogP contribution in [-0.2, 0) is 13.1 Å². The largest absolute Gasteiger partial charge is 0.378 e. The number of aryl methyl sites for hydroxylation is 4. The van der Waals surface area contributed by atoms with Crippen molar-refractivity contribution < 1.29 is 4.79 Å². The van der Waals surface area contributed by atoms with E-state index in [0.717, 1.165) is 46.0 Å². The van der Waals surface area contributed by atoms with Crippen LogP contribution in [0.4, 0.5) is 11.4 Å². The number of benzene rings is 2. The third-order valence-corrected chi connectivity index (χ3v) is 5.57. The molecule has 1 amide bonds. The van der Waals surface area contributed by atoms with Gasteiger partial charge in [0.15, 0.2) is 0 Å². The SMILES string of the molecule is CCn1nc(C)c(CN=C(NC(=O)c2cccc(N(C)C)c2)Nc2cc(C)cc(C)c2)c1C. The number of nitrogens with one attached hydrogen (secondary N) is 2. The fourth-order valence-corrected chi connectivity index (χ4v) is 3.83. The lowest BCUT2D eigenvalue weighted by Crippen LogP contribution is -2.36. The van der Waals surface area contributed by atoms with Gasteiger partial charge in [0, 0.05) is 48.8 Å². The van der Waals surface area contributed by atoms with Crippen LogP contribution in [0.2, 0.25) is 0 Å². The zero-order valence-corrected chi connectivity index (χ0v) is 20.7. The lowest BCUT2D eigenvalue weighted by molar-refractivity contribution is 0.0977. The zero-order valence-electron chi connectivity index (χ0n) is 20.7. The van der Waals surface area contributed by atoms with Crippen LogP contribution in [0.25, 0.3) is 0 Å². The molecule has 0 radical (unpaired) electrons. The van der Waals surface area contributed by atoms with Gasteiger partial charge >= 0.3 is 0 Å². The maximum absolute atomic E-state index is 13.1. The fraction of sp³-hybridized carbons (Fsp3) is 0.346. The molecule has 7 nitrogen and oxygen atoms in total. The van der Waals surface area contributed by atoms with E-state index < -0.39 is 0 Å². The van der Waals surface area contributed by atoms with Crippen LogP contribution >= 0.6 is 0 Å². The van der Waals surface area contributed by atoms with Crippen LogP contribution in [0.15, 0.2) is 47.5 Å². The van der Waals surface area contributed by atoms with Crippen LogP contribution in [0, 0.1) is 27.7 Å².